The van der Waals surface area contributed by atoms with Gasteiger partial charge < -0.3 is 4.74 Å². The second-order valence-corrected chi connectivity index (χ2v) is 4.27. The van der Waals surface area contributed by atoms with E-state index < -0.39 is 5.82 Å². The van der Waals surface area contributed by atoms with Crippen molar-refractivity contribution in [1.82, 2.24) is 0 Å². The minimum absolute atomic E-state index is 0.130. The first-order valence-corrected chi connectivity index (χ1v) is 6.09. The van der Waals surface area contributed by atoms with Gasteiger partial charge in [0.1, 0.15) is 11.6 Å². The summed E-state index contributed by atoms with van der Waals surface area (Å²) >= 11 is 0. The Hall–Kier alpha value is -2.49. The molecule has 4 heteroatoms. The summed E-state index contributed by atoms with van der Waals surface area (Å²) in [5, 5.41) is 0. The zero-order valence-corrected chi connectivity index (χ0v) is 10.9. The lowest BCUT2D eigenvalue weighted by Gasteiger charge is -2.08. The van der Waals surface area contributed by atoms with E-state index in [-0.39, 0.29) is 18.2 Å². The SMILES string of the molecule is CC(=O)c1ccccc1OCC(=O)c1ccc(F)cc1. The molecule has 0 saturated heterocycles. The highest BCUT2D eigenvalue weighted by Crippen LogP contribution is 2.18. The maximum Gasteiger partial charge on any atom is 0.200 e. The van der Waals surface area contributed by atoms with Gasteiger partial charge in [-0.25, -0.2) is 4.39 Å². The van der Waals surface area contributed by atoms with Gasteiger partial charge in [0, 0.05) is 5.56 Å². The number of carbonyl (C=O) groups excluding carboxylic acids is 2. The summed E-state index contributed by atoms with van der Waals surface area (Å²) in [5.74, 6) is -0.432. The van der Waals surface area contributed by atoms with Gasteiger partial charge in [-0.3, -0.25) is 9.59 Å². The van der Waals surface area contributed by atoms with E-state index in [1.165, 1.54) is 31.2 Å². The lowest BCUT2D eigenvalue weighted by molar-refractivity contribution is 0.0913. The fourth-order valence-electron chi connectivity index (χ4n) is 1.75. The molecule has 3 nitrogen and oxygen atoms in total. The van der Waals surface area contributed by atoms with Gasteiger partial charge in [-0.2, -0.15) is 0 Å². The van der Waals surface area contributed by atoms with E-state index in [0.29, 0.717) is 16.9 Å². The van der Waals surface area contributed by atoms with Crippen LogP contribution in [0, 0.1) is 5.82 Å². The maximum absolute atomic E-state index is 12.8. The Bertz CT molecular complexity index is 632. The summed E-state index contributed by atoms with van der Waals surface area (Å²) in [6, 6.07) is 12.0. The van der Waals surface area contributed by atoms with E-state index in [1.807, 2.05) is 0 Å². The zero-order valence-electron chi connectivity index (χ0n) is 10.9. The second-order valence-electron chi connectivity index (χ2n) is 4.27. The zero-order chi connectivity index (χ0) is 14.5. The number of carbonyl (C=O) groups is 2. The molecule has 2 aromatic carbocycles. The molecule has 0 aliphatic heterocycles. The quantitative estimate of drug-likeness (QED) is 0.784. The molecule has 102 valence electrons. The molecule has 0 spiro atoms. The molecule has 0 atom stereocenters. The molecule has 0 aliphatic rings. The second kappa shape index (κ2) is 6.10. The number of hydrogen-bond acceptors (Lipinski definition) is 3. The number of halogens is 1. The number of ether oxygens (including phenoxy) is 1. The number of para-hydroxylation sites is 1. The average Bonchev–Trinajstić information content (AvgIpc) is 2.45. The van der Waals surface area contributed by atoms with Crippen molar-refractivity contribution in [2.75, 3.05) is 6.61 Å². The maximum atomic E-state index is 12.8. The highest BCUT2D eigenvalue weighted by atomic mass is 19.1. The molecule has 0 radical (unpaired) electrons. The van der Waals surface area contributed by atoms with Crippen molar-refractivity contribution in [3.05, 3.63) is 65.5 Å². The van der Waals surface area contributed by atoms with Crippen molar-refractivity contribution < 1.29 is 18.7 Å². The molecule has 0 aromatic heterocycles. The average molecular weight is 272 g/mol. The van der Waals surface area contributed by atoms with Crippen LogP contribution in [0.5, 0.6) is 5.75 Å². The summed E-state index contributed by atoms with van der Waals surface area (Å²) in [4.78, 5) is 23.3. The number of benzene rings is 2. The molecule has 0 amide bonds. The highest BCUT2D eigenvalue weighted by molar-refractivity contribution is 5.98. The van der Waals surface area contributed by atoms with Gasteiger partial charge in [-0.15, -0.1) is 0 Å². The van der Waals surface area contributed by atoms with E-state index in [1.54, 1.807) is 24.3 Å². The van der Waals surface area contributed by atoms with Crippen molar-refractivity contribution in [2.24, 2.45) is 0 Å². The summed E-state index contributed by atoms with van der Waals surface area (Å²) in [6.45, 7) is 1.24. The molecule has 0 N–H and O–H groups in total. The Labute approximate surface area is 116 Å². The fraction of sp³-hybridized carbons (Fsp3) is 0.125. The van der Waals surface area contributed by atoms with Crippen molar-refractivity contribution in [3.8, 4) is 5.75 Å². The van der Waals surface area contributed by atoms with Crippen molar-refractivity contribution >= 4 is 11.6 Å². The van der Waals surface area contributed by atoms with Crippen LogP contribution in [0.3, 0.4) is 0 Å². The molecule has 0 bridgehead atoms. The molecule has 2 aromatic rings. The predicted molar refractivity (Wildman–Crippen MR) is 72.7 cm³/mol. The number of ketones is 2. The topological polar surface area (TPSA) is 43.4 Å². The van der Waals surface area contributed by atoms with Crippen LogP contribution in [0.4, 0.5) is 4.39 Å². The molecule has 20 heavy (non-hydrogen) atoms. The third-order valence-corrected chi connectivity index (χ3v) is 2.79. The van der Waals surface area contributed by atoms with Crippen LogP contribution in [-0.2, 0) is 0 Å². The van der Waals surface area contributed by atoms with Crippen LogP contribution in [0.2, 0.25) is 0 Å². The van der Waals surface area contributed by atoms with Crippen LogP contribution >= 0.6 is 0 Å². The van der Waals surface area contributed by atoms with Gasteiger partial charge in [0.15, 0.2) is 18.2 Å². The summed E-state index contributed by atoms with van der Waals surface area (Å²) in [5.41, 5.74) is 0.797. The molecular formula is C16H13FO3. The van der Waals surface area contributed by atoms with Gasteiger partial charge >= 0.3 is 0 Å². The van der Waals surface area contributed by atoms with Gasteiger partial charge in [0.25, 0.3) is 0 Å². The number of hydrogen-bond donors (Lipinski definition) is 0. The van der Waals surface area contributed by atoms with Crippen LogP contribution < -0.4 is 4.74 Å². The van der Waals surface area contributed by atoms with Crippen LogP contribution in [0.25, 0.3) is 0 Å². The molecular weight excluding hydrogens is 259 g/mol. The molecule has 0 saturated carbocycles. The first-order chi connectivity index (χ1) is 9.58. The predicted octanol–water partition coefficient (Wildman–Crippen LogP) is 3.29. The monoisotopic (exact) mass is 272 g/mol. The number of rotatable bonds is 5. The van der Waals surface area contributed by atoms with Gasteiger partial charge in [-0.1, -0.05) is 12.1 Å². The van der Waals surface area contributed by atoms with Gasteiger partial charge in [0.2, 0.25) is 0 Å². The largest absolute Gasteiger partial charge is 0.485 e. The van der Waals surface area contributed by atoms with E-state index >= 15 is 0 Å². The highest BCUT2D eigenvalue weighted by Gasteiger charge is 2.11. The minimum atomic E-state index is -0.399. The molecule has 0 aliphatic carbocycles. The van der Waals surface area contributed by atoms with Crippen LogP contribution in [0.1, 0.15) is 27.6 Å². The van der Waals surface area contributed by atoms with E-state index in [2.05, 4.69) is 0 Å². The standard InChI is InChI=1S/C16H13FO3/c1-11(18)14-4-2-3-5-16(14)20-10-15(19)12-6-8-13(17)9-7-12/h2-9H,10H2,1H3. The lowest BCUT2D eigenvalue weighted by atomic mass is 10.1. The van der Waals surface area contributed by atoms with E-state index in [9.17, 15) is 14.0 Å². The summed E-state index contributed by atoms with van der Waals surface area (Å²) < 4.78 is 18.1. The lowest BCUT2D eigenvalue weighted by Crippen LogP contribution is -2.13. The summed E-state index contributed by atoms with van der Waals surface area (Å²) in [6.07, 6.45) is 0. The van der Waals surface area contributed by atoms with Crippen LogP contribution in [0.15, 0.2) is 48.5 Å². The van der Waals surface area contributed by atoms with Crippen molar-refractivity contribution in [2.45, 2.75) is 6.92 Å². The Morgan fingerprint density at radius 3 is 2.35 bits per heavy atom. The van der Waals surface area contributed by atoms with Crippen molar-refractivity contribution in [1.29, 1.82) is 0 Å². The fourth-order valence-corrected chi connectivity index (χ4v) is 1.75. The first kappa shape index (κ1) is 13.9. The third kappa shape index (κ3) is 3.29. The molecule has 0 fully saturated rings. The molecule has 0 heterocycles. The Morgan fingerprint density at radius 2 is 1.70 bits per heavy atom. The number of Topliss-reactive ketones (excluding diaryl/α,β-unsaturated/α-hetero) is 2. The third-order valence-electron chi connectivity index (χ3n) is 2.79. The van der Waals surface area contributed by atoms with E-state index in [4.69, 9.17) is 4.74 Å². The van der Waals surface area contributed by atoms with E-state index in [0.717, 1.165) is 0 Å². The Morgan fingerprint density at radius 1 is 1.05 bits per heavy atom. The normalized spacial score (nSPS) is 10.1. The van der Waals surface area contributed by atoms with Crippen molar-refractivity contribution in [3.63, 3.8) is 0 Å². The Balaban J connectivity index is 2.07. The molecule has 2 rings (SSSR count). The Kier molecular flexibility index (Phi) is 4.25. The molecule has 0 unspecified atom stereocenters. The first-order valence-electron chi connectivity index (χ1n) is 6.09. The van der Waals surface area contributed by atoms with Gasteiger partial charge in [-0.05, 0) is 43.3 Å². The smallest absolute Gasteiger partial charge is 0.200 e. The van der Waals surface area contributed by atoms with Crippen LogP contribution in [-0.4, -0.2) is 18.2 Å². The summed E-state index contributed by atoms with van der Waals surface area (Å²) in [7, 11) is 0. The minimum Gasteiger partial charge on any atom is -0.485 e. The van der Waals surface area contributed by atoms with Gasteiger partial charge in [0.05, 0.1) is 5.56 Å².